The standard InChI is InChI=1S/C18H28BrNO/c1-12(2)9-18(10-13(3)4)11-16(20-5)15-8-14(19)6-7-17(15)21-18/h6-8,12-13,16,20H,9-11H2,1-5H3. The summed E-state index contributed by atoms with van der Waals surface area (Å²) in [7, 11) is 2.05. The highest BCUT2D eigenvalue weighted by atomic mass is 79.9. The zero-order valence-corrected chi connectivity index (χ0v) is 15.5. The molecule has 2 rings (SSSR count). The van der Waals surface area contributed by atoms with E-state index in [9.17, 15) is 0 Å². The topological polar surface area (TPSA) is 21.3 Å². The molecule has 1 N–H and O–H groups in total. The maximum Gasteiger partial charge on any atom is 0.125 e. The van der Waals surface area contributed by atoms with Gasteiger partial charge in [0.2, 0.25) is 0 Å². The van der Waals surface area contributed by atoms with Crippen LogP contribution >= 0.6 is 15.9 Å². The summed E-state index contributed by atoms with van der Waals surface area (Å²) >= 11 is 3.57. The molecule has 118 valence electrons. The molecule has 0 amide bonds. The number of hydrogen-bond donors (Lipinski definition) is 1. The van der Waals surface area contributed by atoms with Gasteiger partial charge in [0.15, 0.2) is 0 Å². The van der Waals surface area contributed by atoms with Crippen molar-refractivity contribution < 1.29 is 4.74 Å². The molecule has 0 radical (unpaired) electrons. The average molecular weight is 354 g/mol. The summed E-state index contributed by atoms with van der Waals surface area (Å²) in [5.41, 5.74) is 1.23. The largest absolute Gasteiger partial charge is 0.487 e. The number of rotatable bonds is 5. The third-order valence-electron chi connectivity index (χ3n) is 4.16. The third-order valence-corrected chi connectivity index (χ3v) is 4.65. The number of ether oxygens (including phenoxy) is 1. The zero-order valence-electron chi connectivity index (χ0n) is 13.9. The molecule has 1 unspecified atom stereocenters. The van der Waals surface area contributed by atoms with Crippen LogP contribution in [-0.4, -0.2) is 12.6 Å². The fourth-order valence-corrected chi connectivity index (χ4v) is 4.10. The molecule has 0 aliphatic carbocycles. The van der Waals surface area contributed by atoms with Crippen molar-refractivity contribution in [2.45, 2.75) is 58.6 Å². The summed E-state index contributed by atoms with van der Waals surface area (Å²) in [4.78, 5) is 0. The number of hydrogen-bond acceptors (Lipinski definition) is 2. The van der Waals surface area contributed by atoms with Crippen molar-refractivity contribution in [2.75, 3.05) is 7.05 Å². The van der Waals surface area contributed by atoms with Gasteiger partial charge < -0.3 is 10.1 Å². The molecule has 2 nitrogen and oxygen atoms in total. The van der Waals surface area contributed by atoms with Gasteiger partial charge in [0.05, 0.1) is 0 Å². The molecular formula is C18H28BrNO. The van der Waals surface area contributed by atoms with E-state index < -0.39 is 0 Å². The smallest absolute Gasteiger partial charge is 0.125 e. The van der Waals surface area contributed by atoms with E-state index in [0.717, 1.165) is 29.5 Å². The Morgan fingerprint density at radius 1 is 1.24 bits per heavy atom. The summed E-state index contributed by atoms with van der Waals surface area (Å²) in [6, 6.07) is 6.74. The molecule has 0 aromatic heterocycles. The summed E-state index contributed by atoms with van der Waals surface area (Å²) in [5, 5.41) is 3.49. The van der Waals surface area contributed by atoms with Crippen LogP contribution in [0.3, 0.4) is 0 Å². The Balaban J connectivity index is 2.38. The normalized spacial score (nSPS) is 20.5. The van der Waals surface area contributed by atoms with E-state index in [1.807, 2.05) is 0 Å². The van der Waals surface area contributed by atoms with Crippen molar-refractivity contribution >= 4 is 15.9 Å². The van der Waals surface area contributed by atoms with Crippen molar-refractivity contribution in [3.05, 3.63) is 28.2 Å². The molecule has 3 heteroatoms. The molecule has 0 fully saturated rings. The van der Waals surface area contributed by atoms with Gasteiger partial charge in [-0.05, 0) is 49.9 Å². The van der Waals surface area contributed by atoms with Crippen molar-refractivity contribution in [1.29, 1.82) is 0 Å². The van der Waals surface area contributed by atoms with Gasteiger partial charge >= 0.3 is 0 Å². The maximum absolute atomic E-state index is 6.57. The predicted octanol–water partition coefficient (Wildman–Crippen LogP) is 5.32. The Bertz CT molecular complexity index is 474. The highest BCUT2D eigenvalue weighted by Gasteiger charge is 2.41. The van der Waals surface area contributed by atoms with Crippen molar-refractivity contribution in [3.63, 3.8) is 0 Å². The van der Waals surface area contributed by atoms with Crippen LogP contribution in [0.5, 0.6) is 5.75 Å². The van der Waals surface area contributed by atoms with Gasteiger partial charge in [0.25, 0.3) is 0 Å². The Kier molecular flexibility index (Phi) is 5.37. The lowest BCUT2D eigenvalue weighted by Gasteiger charge is -2.44. The molecule has 0 spiro atoms. The van der Waals surface area contributed by atoms with E-state index in [4.69, 9.17) is 4.74 Å². The lowest BCUT2D eigenvalue weighted by atomic mass is 9.77. The monoisotopic (exact) mass is 353 g/mol. The Morgan fingerprint density at radius 3 is 2.38 bits per heavy atom. The second-order valence-corrected chi connectivity index (χ2v) is 8.12. The van der Waals surface area contributed by atoms with Crippen LogP contribution in [0.4, 0.5) is 0 Å². The van der Waals surface area contributed by atoms with E-state index in [0.29, 0.717) is 17.9 Å². The minimum atomic E-state index is -0.0448. The van der Waals surface area contributed by atoms with Crippen LogP contribution in [0.1, 0.15) is 58.6 Å². The third kappa shape index (κ3) is 4.01. The van der Waals surface area contributed by atoms with Gasteiger partial charge in [-0.25, -0.2) is 0 Å². The van der Waals surface area contributed by atoms with E-state index >= 15 is 0 Å². The van der Waals surface area contributed by atoms with Crippen LogP contribution in [0.2, 0.25) is 0 Å². The lowest BCUT2D eigenvalue weighted by Crippen LogP contribution is -2.45. The van der Waals surface area contributed by atoms with Crippen molar-refractivity contribution in [2.24, 2.45) is 11.8 Å². The molecule has 1 aliphatic heterocycles. The van der Waals surface area contributed by atoms with Gasteiger partial charge in [-0.1, -0.05) is 43.6 Å². The first-order valence-electron chi connectivity index (χ1n) is 8.01. The van der Waals surface area contributed by atoms with Crippen LogP contribution in [0.25, 0.3) is 0 Å². The summed E-state index contributed by atoms with van der Waals surface area (Å²) in [5.74, 6) is 2.32. The highest BCUT2D eigenvalue weighted by Crippen LogP contribution is 2.45. The van der Waals surface area contributed by atoms with Crippen LogP contribution < -0.4 is 10.1 Å². The minimum Gasteiger partial charge on any atom is -0.487 e. The van der Waals surface area contributed by atoms with E-state index in [1.54, 1.807) is 0 Å². The number of benzene rings is 1. The molecule has 1 aromatic rings. The Hall–Kier alpha value is -0.540. The van der Waals surface area contributed by atoms with Crippen LogP contribution in [-0.2, 0) is 0 Å². The molecule has 0 saturated heterocycles. The zero-order chi connectivity index (χ0) is 15.6. The first kappa shape index (κ1) is 16.8. The fourth-order valence-electron chi connectivity index (χ4n) is 3.72. The molecule has 1 aromatic carbocycles. The molecule has 1 atom stereocenters. The first-order chi connectivity index (χ1) is 9.85. The predicted molar refractivity (Wildman–Crippen MR) is 92.8 cm³/mol. The fraction of sp³-hybridized carbons (Fsp3) is 0.667. The van der Waals surface area contributed by atoms with Crippen LogP contribution in [0.15, 0.2) is 22.7 Å². The number of nitrogens with one attached hydrogen (secondary N) is 1. The van der Waals surface area contributed by atoms with Crippen molar-refractivity contribution in [3.8, 4) is 5.75 Å². The first-order valence-corrected chi connectivity index (χ1v) is 8.80. The minimum absolute atomic E-state index is 0.0448. The van der Waals surface area contributed by atoms with Crippen LogP contribution in [0, 0.1) is 11.8 Å². The molecule has 1 heterocycles. The van der Waals surface area contributed by atoms with Crippen molar-refractivity contribution in [1.82, 2.24) is 5.32 Å². The van der Waals surface area contributed by atoms with Gasteiger partial charge in [0.1, 0.15) is 11.4 Å². The maximum atomic E-state index is 6.57. The SMILES string of the molecule is CNC1CC(CC(C)C)(CC(C)C)Oc2ccc(Br)cc21. The quantitative estimate of drug-likeness (QED) is 0.772. The molecule has 21 heavy (non-hydrogen) atoms. The highest BCUT2D eigenvalue weighted by molar-refractivity contribution is 9.10. The lowest BCUT2D eigenvalue weighted by molar-refractivity contribution is -0.00525. The molecule has 0 bridgehead atoms. The second kappa shape index (κ2) is 6.70. The molecule has 0 saturated carbocycles. The van der Waals surface area contributed by atoms with Gasteiger partial charge in [-0.2, -0.15) is 0 Å². The second-order valence-electron chi connectivity index (χ2n) is 7.21. The van der Waals surface area contributed by atoms with E-state index in [-0.39, 0.29) is 5.60 Å². The van der Waals surface area contributed by atoms with Gasteiger partial charge in [-0.3, -0.25) is 0 Å². The van der Waals surface area contributed by atoms with E-state index in [2.05, 4.69) is 74.2 Å². The summed E-state index contributed by atoms with van der Waals surface area (Å²) in [6.07, 6.45) is 3.26. The molecular weight excluding hydrogens is 326 g/mol. The summed E-state index contributed by atoms with van der Waals surface area (Å²) < 4.78 is 7.68. The van der Waals surface area contributed by atoms with Gasteiger partial charge in [0, 0.05) is 22.5 Å². The number of halogens is 1. The summed E-state index contributed by atoms with van der Waals surface area (Å²) in [6.45, 7) is 9.15. The average Bonchev–Trinajstić information content (AvgIpc) is 2.36. The number of fused-ring (bicyclic) bond motifs is 1. The van der Waals surface area contributed by atoms with Gasteiger partial charge in [-0.15, -0.1) is 0 Å². The Morgan fingerprint density at radius 2 is 1.86 bits per heavy atom. The van der Waals surface area contributed by atoms with E-state index in [1.165, 1.54) is 5.56 Å². The Labute approximate surface area is 137 Å². The molecule has 1 aliphatic rings.